The summed E-state index contributed by atoms with van der Waals surface area (Å²) in [7, 11) is 0. The topological polar surface area (TPSA) is 38.3 Å². The van der Waals surface area contributed by atoms with Crippen LogP contribution in [0.2, 0.25) is 0 Å². The van der Waals surface area contributed by atoms with E-state index in [4.69, 9.17) is 4.74 Å². The highest BCUT2D eigenvalue weighted by Gasteiger charge is 2.14. The molecule has 1 amide bonds. The smallest absolute Gasteiger partial charge is 0.227 e. The lowest BCUT2D eigenvalue weighted by atomic mass is 10.0. The number of benzene rings is 2. The third kappa shape index (κ3) is 2.07. The Balaban J connectivity index is 2.02. The van der Waals surface area contributed by atoms with Gasteiger partial charge in [-0.2, -0.15) is 0 Å². The van der Waals surface area contributed by atoms with Crippen LogP contribution in [0.3, 0.4) is 0 Å². The van der Waals surface area contributed by atoms with Gasteiger partial charge in [0.2, 0.25) is 5.91 Å². The fourth-order valence-corrected chi connectivity index (χ4v) is 2.03. The molecule has 0 radical (unpaired) electrons. The van der Waals surface area contributed by atoms with Crippen molar-refractivity contribution in [2.75, 3.05) is 11.9 Å². The van der Waals surface area contributed by atoms with Gasteiger partial charge in [0.1, 0.15) is 5.75 Å². The number of amides is 1. The normalized spacial score (nSPS) is 14.1. The quantitative estimate of drug-likeness (QED) is 0.830. The zero-order chi connectivity index (χ0) is 12.4. The Kier molecular flexibility index (Phi) is 2.73. The summed E-state index contributed by atoms with van der Waals surface area (Å²) in [6.07, 6.45) is 0.398. The van der Waals surface area contributed by atoms with Crippen molar-refractivity contribution in [1.82, 2.24) is 0 Å². The van der Waals surface area contributed by atoms with E-state index >= 15 is 0 Å². The zero-order valence-electron chi connectivity index (χ0n) is 9.85. The van der Waals surface area contributed by atoms with Crippen molar-refractivity contribution < 1.29 is 9.53 Å². The number of carbonyl (C=O) groups excluding carboxylic acids is 1. The summed E-state index contributed by atoms with van der Waals surface area (Å²) in [6.45, 7) is 0.434. The van der Waals surface area contributed by atoms with Gasteiger partial charge in [0.15, 0.2) is 0 Å². The van der Waals surface area contributed by atoms with Crippen molar-refractivity contribution in [2.24, 2.45) is 0 Å². The van der Waals surface area contributed by atoms with Crippen LogP contribution in [0.4, 0.5) is 5.69 Å². The van der Waals surface area contributed by atoms with Crippen molar-refractivity contribution in [3.8, 4) is 16.9 Å². The van der Waals surface area contributed by atoms with E-state index in [0.717, 1.165) is 22.6 Å². The second-order valence-electron chi connectivity index (χ2n) is 4.22. The Labute approximate surface area is 105 Å². The third-order valence-corrected chi connectivity index (χ3v) is 2.95. The lowest BCUT2D eigenvalue weighted by Gasteiger charge is -2.09. The molecular weight excluding hydrogens is 226 g/mol. The van der Waals surface area contributed by atoms with Crippen molar-refractivity contribution >= 4 is 11.6 Å². The monoisotopic (exact) mass is 239 g/mol. The van der Waals surface area contributed by atoms with Gasteiger partial charge in [-0.05, 0) is 23.3 Å². The molecule has 0 bridgehead atoms. The summed E-state index contributed by atoms with van der Waals surface area (Å²) in [6, 6.07) is 15.9. The molecule has 90 valence electrons. The van der Waals surface area contributed by atoms with Gasteiger partial charge in [-0.15, -0.1) is 0 Å². The Morgan fingerprint density at radius 3 is 2.67 bits per heavy atom. The van der Waals surface area contributed by atoms with Crippen LogP contribution in [-0.2, 0) is 4.79 Å². The van der Waals surface area contributed by atoms with Crippen LogP contribution in [0.15, 0.2) is 48.5 Å². The number of ether oxygens (including phenoxy) is 1. The molecule has 0 spiro atoms. The molecule has 0 atom stereocenters. The standard InChI is InChI=1S/C15H13NO2/c17-15-8-9-18-14-7-6-12(10-13(14)16-15)11-4-2-1-3-5-11/h1-7,10H,8-9H2,(H,16,17). The van der Waals surface area contributed by atoms with Gasteiger partial charge >= 0.3 is 0 Å². The number of anilines is 1. The fourth-order valence-electron chi connectivity index (χ4n) is 2.03. The minimum Gasteiger partial charge on any atom is -0.491 e. The number of fused-ring (bicyclic) bond motifs is 1. The van der Waals surface area contributed by atoms with E-state index in [2.05, 4.69) is 5.32 Å². The second-order valence-corrected chi connectivity index (χ2v) is 4.22. The highest BCUT2D eigenvalue weighted by atomic mass is 16.5. The molecule has 1 aliphatic rings. The summed E-state index contributed by atoms with van der Waals surface area (Å²) >= 11 is 0. The molecule has 0 unspecified atom stereocenters. The molecule has 1 N–H and O–H groups in total. The molecular formula is C15H13NO2. The molecule has 3 heteroatoms. The molecule has 0 saturated heterocycles. The van der Waals surface area contributed by atoms with Crippen molar-refractivity contribution in [3.05, 3.63) is 48.5 Å². The minimum atomic E-state index is -0.000961. The first-order valence-electron chi connectivity index (χ1n) is 5.95. The van der Waals surface area contributed by atoms with E-state index in [1.165, 1.54) is 0 Å². The van der Waals surface area contributed by atoms with Gasteiger partial charge in [-0.25, -0.2) is 0 Å². The maximum Gasteiger partial charge on any atom is 0.227 e. The summed E-state index contributed by atoms with van der Waals surface area (Å²) in [5, 5.41) is 2.87. The van der Waals surface area contributed by atoms with Gasteiger partial charge in [-0.3, -0.25) is 4.79 Å². The molecule has 3 rings (SSSR count). The van der Waals surface area contributed by atoms with Gasteiger partial charge in [-0.1, -0.05) is 36.4 Å². The molecule has 0 fully saturated rings. The molecule has 1 aliphatic heterocycles. The van der Waals surface area contributed by atoms with E-state index in [-0.39, 0.29) is 5.91 Å². The van der Waals surface area contributed by atoms with Crippen LogP contribution < -0.4 is 10.1 Å². The number of carbonyl (C=O) groups is 1. The predicted molar refractivity (Wildman–Crippen MR) is 70.6 cm³/mol. The van der Waals surface area contributed by atoms with Gasteiger partial charge in [0, 0.05) is 0 Å². The average molecular weight is 239 g/mol. The summed E-state index contributed by atoms with van der Waals surface area (Å²) in [5.74, 6) is 0.736. The summed E-state index contributed by atoms with van der Waals surface area (Å²) < 4.78 is 5.53. The molecule has 2 aromatic rings. The number of nitrogens with one attached hydrogen (secondary N) is 1. The summed E-state index contributed by atoms with van der Waals surface area (Å²) in [5.41, 5.74) is 2.94. The second kappa shape index (κ2) is 4.53. The lowest BCUT2D eigenvalue weighted by molar-refractivity contribution is -0.116. The number of hydrogen-bond acceptors (Lipinski definition) is 2. The molecule has 0 aromatic heterocycles. The first kappa shape index (κ1) is 10.8. The summed E-state index contributed by atoms with van der Waals surface area (Å²) in [4.78, 5) is 11.5. The van der Waals surface area contributed by atoms with Crippen molar-refractivity contribution in [1.29, 1.82) is 0 Å². The van der Waals surface area contributed by atoms with Gasteiger partial charge in [0.25, 0.3) is 0 Å². The van der Waals surface area contributed by atoms with Gasteiger partial charge in [0.05, 0.1) is 18.7 Å². The third-order valence-electron chi connectivity index (χ3n) is 2.95. The van der Waals surface area contributed by atoms with Crippen LogP contribution >= 0.6 is 0 Å². The van der Waals surface area contributed by atoms with E-state index in [1.807, 2.05) is 48.5 Å². The molecule has 3 nitrogen and oxygen atoms in total. The lowest BCUT2D eigenvalue weighted by Crippen LogP contribution is -2.10. The maximum absolute atomic E-state index is 11.5. The highest BCUT2D eigenvalue weighted by molar-refractivity contribution is 5.94. The Morgan fingerprint density at radius 1 is 1.00 bits per heavy atom. The zero-order valence-corrected chi connectivity index (χ0v) is 9.85. The van der Waals surface area contributed by atoms with Crippen LogP contribution in [-0.4, -0.2) is 12.5 Å². The van der Waals surface area contributed by atoms with E-state index in [0.29, 0.717) is 13.0 Å². The van der Waals surface area contributed by atoms with Crippen LogP contribution in [0.5, 0.6) is 5.75 Å². The largest absolute Gasteiger partial charge is 0.491 e. The number of hydrogen-bond donors (Lipinski definition) is 1. The van der Waals surface area contributed by atoms with E-state index in [1.54, 1.807) is 0 Å². The average Bonchev–Trinajstić information content (AvgIpc) is 2.59. The Hall–Kier alpha value is -2.29. The van der Waals surface area contributed by atoms with E-state index in [9.17, 15) is 4.79 Å². The molecule has 2 aromatic carbocycles. The molecule has 1 heterocycles. The first-order chi connectivity index (χ1) is 8.83. The highest BCUT2D eigenvalue weighted by Crippen LogP contribution is 2.32. The maximum atomic E-state index is 11.5. The van der Waals surface area contributed by atoms with Crippen molar-refractivity contribution in [2.45, 2.75) is 6.42 Å². The predicted octanol–water partition coefficient (Wildman–Crippen LogP) is 3.07. The molecule has 18 heavy (non-hydrogen) atoms. The fraction of sp³-hybridized carbons (Fsp3) is 0.133. The van der Waals surface area contributed by atoms with Crippen LogP contribution in [0.25, 0.3) is 11.1 Å². The minimum absolute atomic E-state index is 0.000961. The first-order valence-corrected chi connectivity index (χ1v) is 5.95. The molecule has 0 saturated carbocycles. The van der Waals surface area contributed by atoms with E-state index < -0.39 is 0 Å². The van der Waals surface area contributed by atoms with Gasteiger partial charge < -0.3 is 10.1 Å². The van der Waals surface area contributed by atoms with Crippen LogP contribution in [0, 0.1) is 0 Å². The SMILES string of the molecule is O=C1CCOc2ccc(-c3ccccc3)cc2N1. The number of rotatable bonds is 1. The Morgan fingerprint density at radius 2 is 1.83 bits per heavy atom. The van der Waals surface area contributed by atoms with Crippen LogP contribution in [0.1, 0.15) is 6.42 Å². The molecule has 0 aliphatic carbocycles. The van der Waals surface area contributed by atoms with Crippen molar-refractivity contribution in [3.63, 3.8) is 0 Å². The Bertz CT molecular complexity index is 578.